The zero-order valence-electron chi connectivity index (χ0n) is 11.6. The number of benzene rings is 2. The van der Waals surface area contributed by atoms with Crippen LogP contribution in [0.15, 0.2) is 34.8 Å². The number of nitrogens with zero attached hydrogens (tertiary/aromatic N) is 1. The molecular weight excluding hydrogens is 339 g/mol. The Morgan fingerprint density at radius 2 is 1.95 bits per heavy atom. The van der Waals surface area contributed by atoms with Crippen LogP contribution in [0.5, 0.6) is 0 Å². The summed E-state index contributed by atoms with van der Waals surface area (Å²) in [5.41, 5.74) is 3.25. The Bertz CT molecular complexity index is 704. The van der Waals surface area contributed by atoms with Crippen molar-refractivity contribution in [1.82, 2.24) is 0 Å². The predicted molar refractivity (Wildman–Crippen MR) is 84.0 cm³/mol. The number of nitro groups is 1. The van der Waals surface area contributed by atoms with Gasteiger partial charge in [0.25, 0.3) is 5.69 Å². The first kappa shape index (κ1) is 15.4. The molecule has 0 saturated carbocycles. The third kappa shape index (κ3) is 3.58. The maximum atomic E-state index is 13.0. The lowest BCUT2D eigenvalue weighted by Gasteiger charge is -2.12. The van der Waals surface area contributed by atoms with Gasteiger partial charge in [-0.05, 0) is 43.2 Å². The summed E-state index contributed by atoms with van der Waals surface area (Å²) in [4.78, 5) is 10.5. The van der Waals surface area contributed by atoms with E-state index in [-0.39, 0.29) is 16.4 Å². The minimum absolute atomic E-state index is 0.112. The first-order valence-corrected chi connectivity index (χ1v) is 7.11. The van der Waals surface area contributed by atoms with E-state index in [4.69, 9.17) is 0 Å². The largest absolute Gasteiger partial charge is 0.381 e. The molecule has 0 radical (unpaired) electrons. The van der Waals surface area contributed by atoms with Crippen molar-refractivity contribution in [1.29, 1.82) is 0 Å². The van der Waals surface area contributed by atoms with E-state index in [9.17, 15) is 14.5 Å². The predicted octanol–water partition coefficient (Wildman–Crippen LogP) is 4.73. The molecule has 0 aliphatic heterocycles. The fourth-order valence-corrected chi connectivity index (χ4v) is 2.53. The maximum absolute atomic E-state index is 13.0. The van der Waals surface area contributed by atoms with Gasteiger partial charge in [0.1, 0.15) is 5.82 Å². The molecule has 1 N–H and O–H groups in total. The quantitative estimate of drug-likeness (QED) is 0.639. The Morgan fingerprint density at radius 1 is 1.24 bits per heavy atom. The highest BCUT2D eigenvalue weighted by atomic mass is 79.9. The van der Waals surface area contributed by atoms with E-state index in [1.807, 2.05) is 6.92 Å². The molecule has 2 aromatic carbocycles. The second kappa shape index (κ2) is 6.22. The third-order valence-corrected chi connectivity index (χ3v) is 3.96. The lowest BCUT2D eigenvalue weighted by molar-refractivity contribution is -0.385. The topological polar surface area (TPSA) is 55.2 Å². The zero-order valence-corrected chi connectivity index (χ0v) is 13.2. The monoisotopic (exact) mass is 352 g/mol. The molecule has 0 amide bonds. The molecule has 0 fully saturated rings. The molecule has 0 spiro atoms. The van der Waals surface area contributed by atoms with Gasteiger partial charge in [0.05, 0.1) is 4.92 Å². The molecule has 0 atom stereocenters. The van der Waals surface area contributed by atoms with Crippen LogP contribution < -0.4 is 5.32 Å². The average Bonchev–Trinajstić information content (AvgIpc) is 2.40. The van der Waals surface area contributed by atoms with Crippen molar-refractivity contribution in [2.45, 2.75) is 20.4 Å². The first-order chi connectivity index (χ1) is 9.88. The molecule has 2 rings (SSSR count). The summed E-state index contributed by atoms with van der Waals surface area (Å²) in [5, 5.41) is 14.1. The van der Waals surface area contributed by atoms with Gasteiger partial charge >= 0.3 is 0 Å². The standard InChI is InChI=1S/C15H14BrFN2O2/c1-9-6-15(19(20)21)10(2)5-14(9)18-8-11-3-4-12(17)7-13(11)16/h3-7,18H,8H2,1-2H3. The van der Waals surface area contributed by atoms with Gasteiger partial charge in [0.2, 0.25) is 0 Å². The van der Waals surface area contributed by atoms with E-state index in [1.165, 1.54) is 12.1 Å². The molecule has 110 valence electrons. The maximum Gasteiger partial charge on any atom is 0.272 e. The van der Waals surface area contributed by atoms with Crippen molar-refractivity contribution in [3.63, 3.8) is 0 Å². The van der Waals surface area contributed by atoms with Crippen molar-refractivity contribution < 1.29 is 9.31 Å². The van der Waals surface area contributed by atoms with E-state index >= 15 is 0 Å². The number of aryl methyl sites for hydroxylation is 2. The number of nitrogens with one attached hydrogen (secondary N) is 1. The lowest BCUT2D eigenvalue weighted by atomic mass is 10.1. The smallest absolute Gasteiger partial charge is 0.272 e. The van der Waals surface area contributed by atoms with Gasteiger partial charge < -0.3 is 5.32 Å². The average molecular weight is 353 g/mol. The summed E-state index contributed by atoms with van der Waals surface area (Å²) >= 11 is 3.32. The Labute approximate surface area is 130 Å². The van der Waals surface area contributed by atoms with Crippen LogP contribution in [0, 0.1) is 29.8 Å². The molecule has 2 aromatic rings. The van der Waals surface area contributed by atoms with Gasteiger partial charge in [-0.1, -0.05) is 22.0 Å². The van der Waals surface area contributed by atoms with Crippen LogP contribution in [0.25, 0.3) is 0 Å². The van der Waals surface area contributed by atoms with Crippen LogP contribution in [0.4, 0.5) is 15.8 Å². The van der Waals surface area contributed by atoms with Gasteiger partial charge in [-0.2, -0.15) is 0 Å². The van der Waals surface area contributed by atoms with Gasteiger partial charge in [0.15, 0.2) is 0 Å². The number of hydrogen-bond acceptors (Lipinski definition) is 3. The van der Waals surface area contributed by atoms with Crippen molar-refractivity contribution in [2.75, 3.05) is 5.32 Å². The summed E-state index contributed by atoms with van der Waals surface area (Å²) in [5.74, 6) is -0.298. The molecular formula is C15H14BrFN2O2. The Morgan fingerprint density at radius 3 is 2.57 bits per heavy atom. The molecule has 0 heterocycles. The number of nitro benzene ring substituents is 1. The number of hydrogen-bond donors (Lipinski definition) is 1. The van der Waals surface area contributed by atoms with Crippen LogP contribution in [0.1, 0.15) is 16.7 Å². The number of rotatable bonds is 4. The fraction of sp³-hybridized carbons (Fsp3) is 0.200. The van der Waals surface area contributed by atoms with E-state index in [1.54, 1.807) is 25.1 Å². The van der Waals surface area contributed by atoms with Crippen molar-refractivity contribution in [3.8, 4) is 0 Å². The molecule has 4 nitrogen and oxygen atoms in total. The van der Waals surface area contributed by atoms with E-state index < -0.39 is 0 Å². The van der Waals surface area contributed by atoms with Crippen LogP contribution in [0.3, 0.4) is 0 Å². The van der Waals surface area contributed by atoms with E-state index in [0.29, 0.717) is 16.6 Å². The van der Waals surface area contributed by atoms with Crippen molar-refractivity contribution in [3.05, 3.63) is 67.4 Å². The van der Waals surface area contributed by atoms with Gasteiger partial charge in [-0.25, -0.2) is 4.39 Å². The van der Waals surface area contributed by atoms with E-state index in [2.05, 4.69) is 21.2 Å². The molecule has 0 aliphatic rings. The summed E-state index contributed by atoms with van der Waals surface area (Å²) in [7, 11) is 0. The number of anilines is 1. The molecule has 0 bridgehead atoms. The Balaban J connectivity index is 2.20. The summed E-state index contributed by atoms with van der Waals surface area (Å²) < 4.78 is 13.7. The third-order valence-electron chi connectivity index (χ3n) is 3.22. The van der Waals surface area contributed by atoms with Crippen LogP contribution in [-0.4, -0.2) is 4.92 Å². The van der Waals surface area contributed by atoms with Crippen LogP contribution >= 0.6 is 15.9 Å². The Kier molecular flexibility index (Phi) is 4.57. The molecule has 0 aliphatic carbocycles. The Hall–Kier alpha value is -1.95. The second-order valence-corrected chi connectivity index (χ2v) is 5.65. The van der Waals surface area contributed by atoms with Gasteiger partial charge in [-0.15, -0.1) is 0 Å². The minimum Gasteiger partial charge on any atom is -0.381 e. The highest BCUT2D eigenvalue weighted by Crippen LogP contribution is 2.27. The lowest BCUT2D eigenvalue weighted by Crippen LogP contribution is -2.03. The van der Waals surface area contributed by atoms with Crippen molar-refractivity contribution in [2.24, 2.45) is 0 Å². The second-order valence-electron chi connectivity index (χ2n) is 4.80. The molecule has 0 unspecified atom stereocenters. The highest BCUT2D eigenvalue weighted by Gasteiger charge is 2.13. The minimum atomic E-state index is -0.386. The summed E-state index contributed by atoms with van der Waals surface area (Å²) in [6, 6.07) is 7.81. The van der Waals surface area contributed by atoms with Gasteiger partial charge in [0, 0.05) is 28.3 Å². The van der Waals surface area contributed by atoms with Crippen LogP contribution in [-0.2, 0) is 6.54 Å². The highest BCUT2D eigenvalue weighted by molar-refractivity contribution is 9.10. The fourth-order valence-electron chi connectivity index (χ4n) is 2.04. The van der Waals surface area contributed by atoms with Gasteiger partial charge in [-0.3, -0.25) is 10.1 Å². The molecule has 0 aromatic heterocycles. The molecule has 0 saturated heterocycles. The number of halogens is 2. The first-order valence-electron chi connectivity index (χ1n) is 6.32. The molecule has 6 heteroatoms. The van der Waals surface area contributed by atoms with Crippen LogP contribution in [0.2, 0.25) is 0 Å². The van der Waals surface area contributed by atoms with E-state index in [0.717, 1.165) is 16.8 Å². The normalized spacial score (nSPS) is 10.5. The van der Waals surface area contributed by atoms with Crippen molar-refractivity contribution >= 4 is 27.3 Å². The molecule has 21 heavy (non-hydrogen) atoms. The SMILES string of the molecule is Cc1cc([N+](=O)[O-])c(C)cc1NCc1ccc(F)cc1Br. The summed E-state index contributed by atoms with van der Waals surface area (Å²) in [6.45, 7) is 4.02. The summed E-state index contributed by atoms with van der Waals surface area (Å²) in [6.07, 6.45) is 0. The zero-order chi connectivity index (χ0) is 15.6.